The first kappa shape index (κ1) is 14.4. The zero-order chi connectivity index (χ0) is 14.7. The summed E-state index contributed by atoms with van der Waals surface area (Å²) < 4.78 is 0. The van der Waals surface area contributed by atoms with Gasteiger partial charge in [0, 0.05) is 11.1 Å². The van der Waals surface area contributed by atoms with Crippen LogP contribution in [-0.2, 0) is 19.3 Å². The Morgan fingerprint density at radius 2 is 1.45 bits per heavy atom. The number of hydrogen-bond donors (Lipinski definition) is 2. The summed E-state index contributed by atoms with van der Waals surface area (Å²) in [5.41, 5.74) is 4.83. The average molecular weight is 270 g/mol. The quantitative estimate of drug-likeness (QED) is 0.861. The summed E-state index contributed by atoms with van der Waals surface area (Å²) in [4.78, 5) is 0. The fraction of sp³-hybridized carbons (Fsp3) is 0.333. The number of phenolic OH excluding ortho intramolecular Hbond substituents is 2. The van der Waals surface area contributed by atoms with E-state index >= 15 is 0 Å². The molecule has 0 saturated heterocycles. The Kier molecular flexibility index (Phi) is 4.33. The third kappa shape index (κ3) is 2.38. The van der Waals surface area contributed by atoms with Gasteiger partial charge in [-0.15, -0.1) is 0 Å². The van der Waals surface area contributed by atoms with E-state index in [1.807, 2.05) is 25.1 Å². The van der Waals surface area contributed by atoms with Crippen molar-refractivity contribution in [2.75, 3.05) is 0 Å². The summed E-state index contributed by atoms with van der Waals surface area (Å²) in [7, 11) is 0. The van der Waals surface area contributed by atoms with Gasteiger partial charge in [-0.05, 0) is 42.0 Å². The first-order valence-corrected chi connectivity index (χ1v) is 7.28. The second kappa shape index (κ2) is 6.00. The molecular weight excluding hydrogens is 248 g/mol. The summed E-state index contributed by atoms with van der Waals surface area (Å²) in [6.45, 7) is 6.19. The lowest BCUT2D eigenvalue weighted by Crippen LogP contribution is -1.99. The molecule has 0 atom stereocenters. The van der Waals surface area contributed by atoms with Crippen LogP contribution in [0.5, 0.6) is 11.5 Å². The normalized spacial score (nSPS) is 10.8. The van der Waals surface area contributed by atoms with Crippen LogP contribution in [0, 0.1) is 0 Å². The Bertz CT molecular complexity index is 615. The monoisotopic (exact) mass is 270 g/mol. The molecule has 106 valence electrons. The number of aryl methyl sites for hydroxylation is 1. The lowest BCUT2D eigenvalue weighted by Gasteiger charge is -2.18. The Labute approximate surface area is 120 Å². The topological polar surface area (TPSA) is 40.5 Å². The summed E-state index contributed by atoms with van der Waals surface area (Å²) in [5, 5.41) is 20.6. The number of aromatic hydroxyl groups is 2. The molecule has 2 aromatic rings. The molecule has 0 aliphatic rings. The lowest BCUT2D eigenvalue weighted by atomic mass is 9.89. The van der Waals surface area contributed by atoms with Gasteiger partial charge in [-0.1, -0.05) is 45.0 Å². The second-order valence-electron chi connectivity index (χ2n) is 4.97. The van der Waals surface area contributed by atoms with E-state index in [1.54, 1.807) is 6.07 Å². The van der Waals surface area contributed by atoms with Crippen molar-refractivity contribution in [2.24, 2.45) is 0 Å². The lowest BCUT2D eigenvalue weighted by molar-refractivity contribution is 0.461. The van der Waals surface area contributed by atoms with Gasteiger partial charge in [-0.3, -0.25) is 0 Å². The van der Waals surface area contributed by atoms with Crippen LogP contribution < -0.4 is 0 Å². The van der Waals surface area contributed by atoms with Crippen LogP contribution in [0.2, 0.25) is 0 Å². The van der Waals surface area contributed by atoms with E-state index in [1.165, 1.54) is 0 Å². The van der Waals surface area contributed by atoms with Gasteiger partial charge in [-0.2, -0.15) is 0 Å². The highest BCUT2D eigenvalue weighted by Gasteiger charge is 2.17. The third-order valence-corrected chi connectivity index (χ3v) is 3.89. The molecule has 20 heavy (non-hydrogen) atoms. The third-order valence-electron chi connectivity index (χ3n) is 3.89. The van der Waals surface area contributed by atoms with Crippen molar-refractivity contribution in [3.8, 4) is 22.6 Å². The summed E-state index contributed by atoms with van der Waals surface area (Å²) >= 11 is 0. The van der Waals surface area contributed by atoms with Gasteiger partial charge in [0.15, 0.2) is 0 Å². The first-order valence-electron chi connectivity index (χ1n) is 7.28. The number of hydrogen-bond acceptors (Lipinski definition) is 2. The van der Waals surface area contributed by atoms with Crippen LogP contribution >= 0.6 is 0 Å². The molecule has 2 rings (SSSR count). The fourth-order valence-electron chi connectivity index (χ4n) is 2.82. The fourth-order valence-corrected chi connectivity index (χ4v) is 2.82. The number of para-hydroxylation sites is 1. The molecule has 0 radical (unpaired) electrons. The van der Waals surface area contributed by atoms with E-state index in [2.05, 4.69) is 19.9 Å². The van der Waals surface area contributed by atoms with Gasteiger partial charge in [-0.25, -0.2) is 0 Å². The van der Waals surface area contributed by atoms with Gasteiger partial charge >= 0.3 is 0 Å². The summed E-state index contributed by atoms with van der Waals surface area (Å²) in [6.07, 6.45) is 2.44. The van der Waals surface area contributed by atoms with Crippen LogP contribution in [0.25, 0.3) is 11.1 Å². The minimum atomic E-state index is 0.257. The molecule has 0 aliphatic heterocycles. The zero-order valence-electron chi connectivity index (χ0n) is 12.4. The zero-order valence-corrected chi connectivity index (χ0v) is 12.4. The molecule has 0 aliphatic carbocycles. The van der Waals surface area contributed by atoms with Gasteiger partial charge < -0.3 is 10.2 Å². The highest BCUT2D eigenvalue weighted by molar-refractivity contribution is 5.77. The molecule has 0 amide bonds. The molecule has 0 bridgehead atoms. The Balaban J connectivity index is 2.76. The smallest absolute Gasteiger partial charge is 0.123 e. The maximum absolute atomic E-state index is 10.6. The van der Waals surface area contributed by atoms with E-state index in [9.17, 15) is 10.2 Å². The number of rotatable bonds is 4. The van der Waals surface area contributed by atoms with Crippen LogP contribution in [0.15, 0.2) is 30.3 Å². The van der Waals surface area contributed by atoms with E-state index < -0.39 is 0 Å². The van der Waals surface area contributed by atoms with Crippen molar-refractivity contribution < 1.29 is 10.2 Å². The highest BCUT2D eigenvalue weighted by atomic mass is 16.3. The summed E-state index contributed by atoms with van der Waals surface area (Å²) in [5.74, 6) is 0.653. The summed E-state index contributed by atoms with van der Waals surface area (Å²) in [6, 6.07) is 9.42. The predicted molar refractivity (Wildman–Crippen MR) is 83.3 cm³/mol. The second-order valence-corrected chi connectivity index (χ2v) is 4.97. The minimum Gasteiger partial charge on any atom is -0.507 e. The maximum atomic E-state index is 10.6. The Morgan fingerprint density at radius 3 is 2.00 bits per heavy atom. The Morgan fingerprint density at radius 1 is 0.800 bits per heavy atom. The number of benzene rings is 2. The van der Waals surface area contributed by atoms with Crippen LogP contribution in [0.1, 0.15) is 37.5 Å². The van der Waals surface area contributed by atoms with Crippen molar-refractivity contribution in [2.45, 2.75) is 40.0 Å². The minimum absolute atomic E-state index is 0.257. The molecule has 0 fully saturated rings. The van der Waals surface area contributed by atoms with Gasteiger partial charge in [0.05, 0.1) is 0 Å². The molecular formula is C18H22O2. The molecule has 2 N–H and O–H groups in total. The first-order chi connectivity index (χ1) is 9.63. The van der Waals surface area contributed by atoms with Crippen molar-refractivity contribution >= 4 is 0 Å². The van der Waals surface area contributed by atoms with E-state index in [0.717, 1.165) is 47.1 Å². The predicted octanol–water partition coefficient (Wildman–Crippen LogP) is 4.45. The van der Waals surface area contributed by atoms with Crippen molar-refractivity contribution in [3.05, 3.63) is 47.0 Å². The van der Waals surface area contributed by atoms with Gasteiger partial charge in [0.1, 0.15) is 11.5 Å². The van der Waals surface area contributed by atoms with Gasteiger partial charge in [0.2, 0.25) is 0 Å². The van der Waals surface area contributed by atoms with Crippen molar-refractivity contribution in [1.82, 2.24) is 0 Å². The molecule has 0 aromatic heterocycles. The van der Waals surface area contributed by atoms with Crippen molar-refractivity contribution in [3.63, 3.8) is 0 Å². The van der Waals surface area contributed by atoms with Crippen LogP contribution in [-0.4, -0.2) is 10.2 Å². The molecule has 0 spiro atoms. The highest BCUT2D eigenvalue weighted by Crippen LogP contribution is 2.39. The molecule has 2 heteroatoms. The standard InChI is InChI=1S/C18H22O2/c1-4-12-11-16(15-9-7-8-10-17(15)19)14(6-3)18(20)13(12)5-2/h7-11,19-20H,4-6H2,1-3H3. The average Bonchev–Trinajstić information content (AvgIpc) is 2.46. The maximum Gasteiger partial charge on any atom is 0.123 e. The molecule has 0 saturated carbocycles. The molecule has 0 heterocycles. The molecule has 2 aromatic carbocycles. The largest absolute Gasteiger partial charge is 0.507 e. The molecule has 2 nitrogen and oxygen atoms in total. The van der Waals surface area contributed by atoms with Gasteiger partial charge in [0.25, 0.3) is 0 Å². The number of phenols is 2. The Hall–Kier alpha value is -1.96. The molecule has 0 unspecified atom stereocenters. The SMILES string of the molecule is CCc1cc(-c2ccccc2O)c(CC)c(O)c1CC. The van der Waals surface area contributed by atoms with E-state index in [-0.39, 0.29) is 5.75 Å². The van der Waals surface area contributed by atoms with E-state index in [0.29, 0.717) is 5.75 Å². The van der Waals surface area contributed by atoms with E-state index in [4.69, 9.17) is 0 Å². The van der Waals surface area contributed by atoms with Crippen molar-refractivity contribution in [1.29, 1.82) is 0 Å². The van der Waals surface area contributed by atoms with Crippen LogP contribution in [0.3, 0.4) is 0 Å². The van der Waals surface area contributed by atoms with Crippen LogP contribution in [0.4, 0.5) is 0 Å².